The Morgan fingerprint density at radius 1 is 1.29 bits per heavy atom. The van der Waals surface area contributed by atoms with Crippen LogP contribution in [0.15, 0.2) is 24.3 Å². The molecule has 4 heteroatoms. The molecule has 2 rings (SSSR count). The Morgan fingerprint density at radius 2 is 2.00 bits per heavy atom. The van der Waals surface area contributed by atoms with E-state index < -0.39 is 0 Å². The van der Waals surface area contributed by atoms with Crippen LogP contribution in [0.5, 0.6) is 0 Å². The van der Waals surface area contributed by atoms with Gasteiger partial charge in [-0.15, -0.1) is 0 Å². The van der Waals surface area contributed by atoms with Crippen molar-refractivity contribution in [1.29, 1.82) is 0 Å². The molecule has 0 bridgehead atoms. The van der Waals surface area contributed by atoms with Gasteiger partial charge in [-0.1, -0.05) is 12.1 Å². The topological polar surface area (TPSA) is 58.4 Å². The molecule has 0 unspecified atom stereocenters. The highest BCUT2D eigenvalue weighted by Crippen LogP contribution is 2.29. The lowest BCUT2D eigenvalue weighted by Crippen LogP contribution is -2.29. The van der Waals surface area contributed by atoms with E-state index in [2.05, 4.69) is 22.3 Å². The van der Waals surface area contributed by atoms with Crippen LogP contribution < -0.4 is 11.1 Å². The quantitative estimate of drug-likeness (QED) is 0.875. The van der Waals surface area contributed by atoms with Gasteiger partial charge in [0, 0.05) is 18.2 Å². The summed E-state index contributed by atoms with van der Waals surface area (Å²) >= 11 is 0. The highest BCUT2D eigenvalue weighted by molar-refractivity contribution is 5.92. The molecule has 3 N–H and O–H groups in total. The minimum absolute atomic E-state index is 0.144. The van der Waals surface area contributed by atoms with Gasteiger partial charge in [0.15, 0.2) is 0 Å². The highest BCUT2D eigenvalue weighted by Gasteiger charge is 2.25. The van der Waals surface area contributed by atoms with Crippen LogP contribution in [-0.4, -0.2) is 31.4 Å². The molecule has 0 radical (unpaired) electrons. The van der Waals surface area contributed by atoms with Crippen molar-refractivity contribution in [2.75, 3.05) is 26.0 Å². The van der Waals surface area contributed by atoms with Gasteiger partial charge in [0.2, 0.25) is 5.91 Å². The van der Waals surface area contributed by atoms with Crippen LogP contribution in [0.3, 0.4) is 0 Å². The Balaban J connectivity index is 1.90. The van der Waals surface area contributed by atoms with Gasteiger partial charge in [0.05, 0.1) is 0 Å². The van der Waals surface area contributed by atoms with Crippen molar-refractivity contribution in [2.24, 2.45) is 17.6 Å². The van der Waals surface area contributed by atoms with Crippen molar-refractivity contribution in [2.45, 2.75) is 32.2 Å². The van der Waals surface area contributed by atoms with Crippen LogP contribution in [0.25, 0.3) is 0 Å². The molecular formula is C17H27N3O. The number of hydrogen-bond acceptors (Lipinski definition) is 3. The molecule has 0 atom stereocenters. The third-order valence-electron chi connectivity index (χ3n) is 4.24. The van der Waals surface area contributed by atoms with Gasteiger partial charge in [0.1, 0.15) is 0 Å². The molecule has 0 spiro atoms. The number of anilines is 1. The summed E-state index contributed by atoms with van der Waals surface area (Å²) in [4.78, 5) is 14.5. The summed E-state index contributed by atoms with van der Waals surface area (Å²) in [7, 11) is 4.09. The fourth-order valence-electron chi connectivity index (χ4n) is 3.02. The standard InChI is InChI=1S/C17H27N3O/c1-20(2)12-14-4-3-5-16(10-14)19-17(21)15-8-6-13(11-18)7-9-15/h3-5,10,13,15H,6-9,11-12,18H2,1-2H3,(H,19,21). The maximum atomic E-state index is 12.3. The van der Waals surface area contributed by atoms with E-state index in [1.807, 2.05) is 26.2 Å². The van der Waals surface area contributed by atoms with E-state index in [0.717, 1.165) is 44.5 Å². The maximum Gasteiger partial charge on any atom is 0.227 e. The van der Waals surface area contributed by atoms with E-state index in [9.17, 15) is 4.79 Å². The van der Waals surface area contributed by atoms with Crippen LogP contribution in [0, 0.1) is 11.8 Å². The van der Waals surface area contributed by atoms with Gasteiger partial charge >= 0.3 is 0 Å². The first-order chi connectivity index (χ1) is 10.1. The number of nitrogens with two attached hydrogens (primary N) is 1. The van der Waals surface area contributed by atoms with Crippen molar-refractivity contribution >= 4 is 11.6 Å². The minimum atomic E-state index is 0.144. The molecule has 116 valence electrons. The molecule has 4 nitrogen and oxygen atoms in total. The van der Waals surface area contributed by atoms with E-state index in [4.69, 9.17) is 5.73 Å². The zero-order valence-corrected chi connectivity index (χ0v) is 13.1. The summed E-state index contributed by atoms with van der Waals surface area (Å²) in [5.74, 6) is 0.912. The SMILES string of the molecule is CN(C)Cc1cccc(NC(=O)C2CCC(CN)CC2)c1. The smallest absolute Gasteiger partial charge is 0.227 e. The predicted molar refractivity (Wildman–Crippen MR) is 87.0 cm³/mol. The van der Waals surface area contributed by atoms with Crippen molar-refractivity contribution in [3.63, 3.8) is 0 Å². The first kappa shape index (κ1) is 16.0. The lowest BCUT2D eigenvalue weighted by atomic mass is 9.81. The van der Waals surface area contributed by atoms with Crippen LogP contribution in [-0.2, 0) is 11.3 Å². The van der Waals surface area contributed by atoms with Gasteiger partial charge in [-0.3, -0.25) is 4.79 Å². The second-order valence-electron chi connectivity index (χ2n) is 6.38. The van der Waals surface area contributed by atoms with Crippen molar-refractivity contribution < 1.29 is 4.79 Å². The maximum absolute atomic E-state index is 12.3. The number of carbonyl (C=O) groups excluding carboxylic acids is 1. The second kappa shape index (κ2) is 7.57. The Labute approximate surface area is 127 Å². The Hall–Kier alpha value is -1.39. The molecule has 1 aliphatic carbocycles. The monoisotopic (exact) mass is 289 g/mol. The number of amides is 1. The zero-order valence-electron chi connectivity index (χ0n) is 13.1. The molecule has 1 saturated carbocycles. The molecule has 0 aromatic heterocycles. The Morgan fingerprint density at radius 3 is 2.62 bits per heavy atom. The number of rotatable bonds is 5. The molecule has 1 fully saturated rings. The summed E-state index contributed by atoms with van der Waals surface area (Å²) in [5, 5.41) is 3.07. The van der Waals surface area contributed by atoms with Crippen molar-refractivity contribution in [3.05, 3.63) is 29.8 Å². The summed E-state index contributed by atoms with van der Waals surface area (Å²) < 4.78 is 0. The average Bonchev–Trinajstić information content (AvgIpc) is 2.47. The third kappa shape index (κ3) is 4.83. The summed E-state index contributed by atoms with van der Waals surface area (Å²) in [6, 6.07) is 8.11. The Bertz CT molecular complexity index is 465. The minimum Gasteiger partial charge on any atom is -0.330 e. The lowest BCUT2D eigenvalue weighted by molar-refractivity contribution is -0.121. The average molecular weight is 289 g/mol. The first-order valence-electron chi connectivity index (χ1n) is 7.83. The largest absolute Gasteiger partial charge is 0.330 e. The van der Waals surface area contributed by atoms with Gasteiger partial charge in [-0.25, -0.2) is 0 Å². The van der Waals surface area contributed by atoms with Crippen LogP contribution >= 0.6 is 0 Å². The summed E-state index contributed by atoms with van der Waals surface area (Å²) in [6.45, 7) is 1.63. The zero-order chi connectivity index (χ0) is 15.2. The fourth-order valence-corrected chi connectivity index (χ4v) is 3.02. The number of carbonyl (C=O) groups is 1. The molecule has 0 heterocycles. The van der Waals surface area contributed by atoms with Crippen LogP contribution in [0.1, 0.15) is 31.2 Å². The number of nitrogens with zero attached hydrogens (tertiary/aromatic N) is 1. The van der Waals surface area contributed by atoms with Gasteiger partial charge < -0.3 is 16.0 Å². The van der Waals surface area contributed by atoms with Crippen LogP contribution in [0.4, 0.5) is 5.69 Å². The van der Waals surface area contributed by atoms with E-state index >= 15 is 0 Å². The van der Waals surface area contributed by atoms with Gasteiger partial charge in [0.25, 0.3) is 0 Å². The number of hydrogen-bond donors (Lipinski definition) is 2. The van der Waals surface area contributed by atoms with Gasteiger partial charge in [-0.2, -0.15) is 0 Å². The molecule has 1 aromatic carbocycles. The molecule has 21 heavy (non-hydrogen) atoms. The number of nitrogens with one attached hydrogen (secondary N) is 1. The molecular weight excluding hydrogens is 262 g/mol. The second-order valence-corrected chi connectivity index (χ2v) is 6.38. The first-order valence-corrected chi connectivity index (χ1v) is 7.83. The van der Waals surface area contributed by atoms with Gasteiger partial charge in [-0.05, 0) is 69.9 Å². The summed E-state index contributed by atoms with van der Waals surface area (Å²) in [5.41, 5.74) is 7.82. The molecule has 0 aliphatic heterocycles. The highest BCUT2D eigenvalue weighted by atomic mass is 16.1. The van der Waals surface area contributed by atoms with E-state index in [1.165, 1.54) is 5.56 Å². The predicted octanol–water partition coefficient (Wildman–Crippen LogP) is 2.45. The lowest BCUT2D eigenvalue weighted by Gasteiger charge is -2.26. The van der Waals surface area contributed by atoms with Crippen LogP contribution in [0.2, 0.25) is 0 Å². The molecule has 0 saturated heterocycles. The molecule has 1 aromatic rings. The van der Waals surface area contributed by atoms with E-state index in [0.29, 0.717) is 5.92 Å². The normalized spacial score (nSPS) is 22.3. The van der Waals surface area contributed by atoms with E-state index in [1.54, 1.807) is 0 Å². The van der Waals surface area contributed by atoms with E-state index in [-0.39, 0.29) is 11.8 Å². The fraction of sp³-hybridized carbons (Fsp3) is 0.588. The molecule has 1 aliphatic rings. The number of benzene rings is 1. The summed E-state index contributed by atoms with van der Waals surface area (Å²) in [6.07, 6.45) is 4.08. The molecule has 1 amide bonds. The van der Waals surface area contributed by atoms with Crippen molar-refractivity contribution in [1.82, 2.24) is 4.90 Å². The Kier molecular flexibility index (Phi) is 5.76. The third-order valence-corrected chi connectivity index (χ3v) is 4.24. The van der Waals surface area contributed by atoms with Crippen molar-refractivity contribution in [3.8, 4) is 0 Å².